The van der Waals surface area contributed by atoms with E-state index in [2.05, 4.69) is 5.32 Å². The minimum atomic E-state index is -0.656. The average molecular weight is 586 g/mol. The molecule has 39 heavy (non-hydrogen) atoms. The monoisotopic (exact) mass is 584 g/mol. The average Bonchev–Trinajstić information content (AvgIpc) is 3.46. The van der Waals surface area contributed by atoms with Crippen molar-refractivity contribution in [3.8, 4) is 5.75 Å². The van der Waals surface area contributed by atoms with Crippen molar-refractivity contribution in [2.45, 2.75) is 56.5 Å². The van der Waals surface area contributed by atoms with Gasteiger partial charge >= 0.3 is 0 Å². The van der Waals surface area contributed by atoms with E-state index in [1.807, 2.05) is 60.7 Å². The molecule has 8 heteroatoms. The Kier molecular flexibility index (Phi) is 11.0. The van der Waals surface area contributed by atoms with Gasteiger partial charge in [0.1, 0.15) is 11.8 Å². The molecule has 0 heterocycles. The lowest BCUT2D eigenvalue weighted by Crippen LogP contribution is -2.52. The third-order valence-corrected chi connectivity index (χ3v) is 8.69. The van der Waals surface area contributed by atoms with Crippen molar-refractivity contribution in [2.75, 3.05) is 12.9 Å². The summed E-state index contributed by atoms with van der Waals surface area (Å²) >= 11 is 14.0. The summed E-state index contributed by atoms with van der Waals surface area (Å²) in [5, 5.41) is 4.11. The van der Waals surface area contributed by atoms with Crippen LogP contribution in [0.4, 0.5) is 0 Å². The lowest BCUT2D eigenvalue weighted by atomic mass is 10.0. The van der Waals surface area contributed by atoms with E-state index in [1.54, 1.807) is 24.1 Å². The fourth-order valence-electron chi connectivity index (χ4n) is 4.82. The first kappa shape index (κ1) is 29.3. The molecule has 0 bridgehead atoms. The van der Waals surface area contributed by atoms with Crippen LogP contribution in [0.1, 0.15) is 42.4 Å². The van der Waals surface area contributed by atoms with Gasteiger partial charge in [-0.1, -0.05) is 84.6 Å². The number of ether oxygens (including phenoxy) is 1. The Labute approximate surface area is 245 Å². The van der Waals surface area contributed by atoms with E-state index in [-0.39, 0.29) is 30.2 Å². The maximum Gasteiger partial charge on any atom is 0.243 e. The molecule has 0 aromatic heterocycles. The van der Waals surface area contributed by atoms with Crippen molar-refractivity contribution in [3.63, 3.8) is 0 Å². The van der Waals surface area contributed by atoms with E-state index in [1.165, 1.54) is 11.8 Å². The van der Waals surface area contributed by atoms with Crippen molar-refractivity contribution >= 4 is 46.8 Å². The summed E-state index contributed by atoms with van der Waals surface area (Å²) in [5.74, 6) is 1.51. The standard InChI is InChI=1S/C31H34Cl2N2O3S/c1-38-26-14-11-23(12-15-26)20-39-21-30(36)35(19-24-13-16-27(32)28(33)17-24)29(18-22-7-3-2-4-8-22)31(37)34-25-9-5-6-10-25/h2-4,7-8,11-17,25,29H,5-6,9-10,18-21H2,1H3,(H,34,37). The number of amides is 2. The van der Waals surface area contributed by atoms with Crippen LogP contribution in [0, 0.1) is 0 Å². The van der Waals surface area contributed by atoms with Crippen LogP contribution in [0.25, 0.3) is 0 Å². The largest absolute Gasteiger partial charge is 0.497 e. The Morgan fingerprint density at radius 1 is 0.949 bits per heavy atom. The maximum atomic E-state index is 13.8. The van der Waals surface area contributed by atoms with Gasteiger partial charge in [0, 0.05) is 24.8 Å². The highest BCUT2D eigenvalue weighted by atomic mass is 35.5. The van der Waals surface area contributed by atoms with Crippen LogP contribution in [0.2, 0.25) is 10.0 Å². The predicted octanol–water partition coefficient (Wildman–Crippen LogP) is 6.93. The molecule has 1 N–H and O–H groups in total. The summed E-state index contributed by atoms with van der Waals surface area (Å²) in [4.78, 5) is 29.3. The summed E-state index contributed by atoms with van der Waals surface area (Å²) in [6.07, 6.45) is 4.60. The molecule has 5 nitrogen and oxygen atoms in total. The van der Waals surface area contributed by atoms with Gasteiger partial charge < -0.3 is 15.0 Å². The zero-order valence-corrected chi connectivity index (χ0v) is 24.4. The smallest absolute Gasteiger partial charge is 0.243 e. The van der Waals surface area contributed by atoms with Gasteiger partial charge in [-0.2, -0.15) is 0 Å². The zero-order valence-electron chi connectivity index (χ0n) is 22.1. The summed E-state index contributed by atoms with van der Waals surface area (Å²) in [6.45, 7) is 0.258. The van der Waals surface area contributed by atoms with Crippen LogP contribution in [-0.4, -0.2) is 41.7 Å². The van der Waals surface area contributed by atoms with E-state index >= 15 is 0 Å². The first-order valence-electron chi connectivity index (χ1n) is 13.2. The molecule has 2 amide bonds. The normalized spacial score (nSPS) is 14.1. The van der Waals surface area contributed by atoms with Gasteiger partial charge in [0.2, 0.25) is 11.8 Å². The Bertz CT molecular complexity index is 1230. The van der Waals surface area contributed by atoms with Crippen LogP contribution in [-0.2, 0) is 28.3 Å². The molecule has 1 fully saturated rings. The summed E-state index contributed by atoms with van der Waals surface area (Å²) in [5.41, 5.74) is 2.93. The highest BCUT2D eigenvalue weighted by Gasteiger charge is 2.32. The van der Waals surface area contributed by atoms with Gasteiger partial charge in [0.05, 0.1) is 22.9 Å². The van der Waals surface area contributed by atoms with Gasteiger partial charge in [0.15, 0.2) is 0 Å². The van der Waals surface area contributed by atoms with Crippen LogP contribution >= 0.6 is 35.0 Å². The van der Waals surface area contributed by atoms with Crippen LogP contribution in [0.3, 0.4) is 0 Å². The molecule has 206 valence electrons. The van der Waals surface area contributed by atoms with Crippen LogP contribution < -0.4 is 10.1 Å². The number of rotatable bonds is 12. The first-order chi connectivity index (χ1) is 18.9. The molecule has 1 saturated carbocycles. The number of carbonyl (C=O) groups is 2. The van der Waals surface area contributed by atoms with Crippen molar-refractivity contribution in [1.82, 2.24) is 10.2 Å². The molecule has 1 aliphatic carbocycles. The highest BCUT2D eigenvalue weighted by Crippen LogP contribution is 2.26. The van der Waals surface area contributed by atoms with E-state index in [9.17, 15) is 9.59 Å². The maximum absolute atomic E-state index is 13.8. The van der Waals surface area contributed by atoms with Crippen molar-refractivity contribution in [2.24, 2.45) is 0 Å². The minimum absolute atomic E-state index is 0.0953. The lowest BCUT2D eigenvalue weighted by Gasteiger charge is -2.32. The third-order valence-electron chi connectivity index (χ3n) is 6.96. The number of thioether (sulfide) groups is 1. The molecule has 0 saturated heterocycles. The summed E-state index contributed by atoms with van der Waals surface area (Å²) in [7, 11) is 1.64. The number of methoxy groups -OCH3 is 1. The molecule has 3 aromatic carbocycles. The number of nitrogens with one attached hydrogen (secondary N) is 1. The molecule has 0 aliphatic heterocycles. The highest BCUT2D eigenvalue weighted by molar-refractivity contribution is 7.99. The fourth-order valence-corrected chi connectivity index (χ4v) is 6.01. The molecule has 3 aromatic rings. The zero-order chi connectivity index (χ0) is 27.6. The number of halogens is 2. The molecular weight excluding hydrogens is 551 g/mol. The molecule has 1 atom stereocenters. The van der Waals surface area contributed by atoms with Gasteiger partial charge in [-0.3, -0.25) is 9.59 Å². The topological polar surface area (TPSA) is 58.6 Å². The van der Waals surface area contributed by atoms with Crippen LogP contribution in [0.5, 0.6) is 5.75 Å². The Hall–Kier alpha value is -2.67. The number of hydrogen-bond donors (Lipinski definition) is 1. The SMILES string of the molecule is COc1ccc(CSCC(=O)N(Cc2ccc(Cl)c(Cl)c2)C(Cc2ccccc2)C(=O)NC2CCCC2)cc1. The number of benzene rings is 3. The second-order valence-electron chi connectivity index (χ2n) is 9.81. The fraction of sp³-hybridized carbons (Fsp3) is 0.355. The Balaban J connectivity index is 1.56. The number of carbonyl (C=O) groups excluding carboxylic acids is 2. The number of hydrogen-bond acceptors (Lipinski definition) is 4. The molecule has 0 radical (unpaired) electrons. The molecule has 1 aliphatic rings. The second kappa shape index (κ2) is 14.6. The summed E-state index contributed by atoms with van der Waals surface area (Å²) < 4.78 is 5.24. The van der Waals surface area contributed by atoms with Crippen molar-refractivity contribution < 1.29 is 14.3 Å². The van der Waals surface area contributed by atoms with Gasteiger partial charge in [-0.05, 0) is 53.8 Å². The number of nitrogens with zero attached hydrogens (tertiary/aromatic N) is 1. The van der Waals surface area contributed by atoms with E-state index in [4.69, 9.17) is 27.9 Å². The summed E-state index contributed by atoms with van der Waals surface area (Å²) in [6, 6.07) is 22.5. The quantitative estimate of drug-likeness (QED) is 0.250. The minimum Gasteiger partial charge on any atom is -0.497 e. The second-order valence-corrected chi connectivity index (χ2v) is 11.6. The first-order valence-corrected chi connectivity index (χ1v) is 15.1. The molecular formula is C31H34Cl2N2O3S. The molecule has 0 spiro atoms. The predicted molar refractivity (Wildman–Crippen MR) is 161 cm³/mol. The van der Waals surface area contributed by atoms with E-state index < -0.39 is 6.04 Å². The van der Waals surface area contributed by atoms with E-state index in [0.717, 1.165) is 48.1 Å². The lowest BCUT2D eigenvalue weighted by molar-refractivity contribution is -0.139. The molecule has 1 unspecified atom stereocenters. The van der Waals surface area contributed by atoms with Crippen molar-refractivity contribution in [1.29, 1.82) is 0 Å². The Morgan fingerprint density at radius 2 is 1.64 bits per heavy atom. The van der Waals surface area contributed by atoms with E-state index in [0.29, 0.717) is 22.2 Å². The molecule has 4 rings (SSSR count). The van der Waals surface area contributed by atoms with Crippen LogP contribution in [0.15, 0.2) is 72.8 Å². The third kappa shape index (κ3) is 8.66. The van der Waals surface area contributed by atoms with Gasteiger partial charge in [0.25, 0.3) is 0 Å². The van der Waals surface area contributed by atoms with Gasteiger partial charge in [-0.15, -0.1) is 11.8 Å². The van der Waals surface area contributed by atoms with Gasteiger partial charge in [-0.25, -0.2) is 0 Å². The Morgan fingerprint density at radius 3 is 2.31 bits per heavy atom. The van der Waals surface area contributed by atoms with Crippen molar-refractivity contribution in [3.05, 3.63) is 99.5 Å².